The first-order chi connectivity index (χ1) is 10.0. The highest BCUT2D eigenvalue weighted by molar-refractivity contribution is 9.10. The number of benzene rings is 1. The van der Waals surface area contributed by atoms with Gasteiger partial charge in [0.1, 0.15) is 0 Å². The van der Waals surface area contributed by atoms with E-state index < -0.39 is 6.04 Å². The van der Waals surface area contributed by atoms with E-state index in [1.165, 1.54) is 0 Å². The van der Waals surface area contributed by atoms with Crippen molar-refractivity contribution >= 4 is 51.9 Å². The quantitative estimate of drug-likeness (QED) is 0.571. The molecular weight excluding hydrogens is 390 g/mol. The van der Waals surface area contributed by atoms with Crippen molar-refractivity contribution in [3.63, 3.8) is 0 Å². The molecule has 0 aliphatic carbocycles. The second-order valence-electron chi connectivity index (χ2n) is 4.45. The zero-order valence-electron chi connectivity index (χ0n) is 12.3. The van der Waals surface area contributed by atoms with Gasteiger partial charge in [0, 0.05) is 23.1 Å². The van der Waals surface area contributed by atoms with E-state index in [2.05, 4.69) is 26.6 Å². The van der Waals surface area contributed by atoms with Crippen LogP contribution in [0.2, 0.25) is 0 Å². The van der Waals surface area contributed by atoms with Gasteiger partial charge in [-0.15, -0.1) is 12.4 Å². The summed E-state index contributed by atoms with van der Waals surface area (Å²) in [5, 5.41) is 5.46. The van der Waals surface area contributed by atoms with Crippen LogP contribution in [-0.2, 0) is 4.79 Å². The molecule has 0 spiro atoms. The van der Waals surface area contributed by atoms with Gasteiger partial charge in [0.25, 0.3) is 5.91 Å². The van der Waals surface area contributed by atoms with Crippen molar-refractivity contribution in [2.24, 2.45) is 5.73 Å². The van der Waals surface area contributed by atoms with Gasteiger partial charge in [0.05, 0.1) is 6.04 Å². The Morgan fingerprint density at radius 1 is 1.32 bits per heavy atom. The van der Waals surface area contributed by atoms with Crippen molar-refractivity contribution in [3.05, 3.63) is 34.3 Å². The van der Waals surface area contributed by atoms with E-state index in [0.717, 1.165) is 10.2 Å². The highest BCUT2D eigenvalue weighted by atomic mass is 79.9. The van der Waals surface area contributed by atoms with Crippen LogP contribution in [0.25, 0.3) is 0 Å². The number of halogens is 2. The van der Waals surface area contributed by atoms with Gasteiger partial charge in [-0.25, -0.2) is 0 Å². The minimum Gasteiger partial charge on any atom is -0.353 e. The van der Waals surface area contributed by atoms with Crippen molar-refractivity contribution in [1.82, 2.24) is 10.6 Å². The molecule has 0 unspecified atom stereocenters. The van der Waals surface area contributed by atoms with Gasteiger partial charge >= 0.3 is 0 Å². The molecule has 0 saturated heterocycles. The molecule has 1 aromatic rings. The average Bonchev–Trinajstić information content (AvgIpc) is 2.48. The summed E-state index contributed by atoms with van der Waals surface area (Å²) in [7, 11) is 0. The standard InChI is InChI=1S/C14H20BrN3O2S.ClH/c1-21-8-5-12(16)14(20)18-7-6-17-13(19)10-3-2-4-11(15)9-10;/h2-4,9,12H,5-8,16H2,1H3,(H,17,19)(H,18,20);1H/t12-;/m0./s1. The number of nitrogens with two attached hydrogens (primary N) is 1. The Bertz CT molecular complexity index is 491. The third-order valence-electron chi connectivity index (χ3n) is 2.77. The van der Waals surface area contributed by atoms with Gasteiger partial charge in [0.15, 0.2) is 0 Å². The molecule has 5 nitrogen and oxygen atoms in total. The first kappa shape index (κ1) is 21.2. The zero-order valence-corrected chi connectivity index (χ0v) is 15.5. The van der Waals surface area contributed by atoms with E-state index in [1.54, 1.807) is 30.0 Å². The molecule has 0 saturated carbocycles. The topological polar surface area (TPSA) is 84.2 Å². The summed E-state index contributed by atoms with van der Waals surface area (Å²) in [5.41, 5.74) is 6.31. The highest BCUT2D eigenvalue weighted by Crippen LogP contribution is 2.11. The smallest absolute Gasteiger partial charge is 0.251 e. The van der Waals surface area contributed by atoms with Crippen molar-refractivity contribution in [2.75, 3.05) is 25.1 Å². The number of carbonyl (C=O) groups excluding carboxylic acids is 2. The molecule has 8 heteroatoms. The third-order valence-corrected chi connectivity index (χ3v) is 3.90. The summed E-state index contributed by atoms with van der Waals surface area (Å²) in [6.07, 6.45) is 2.62. The van der Waals surface area contributed by atoms with Gasteiger partial charge < -0.3 is 16.4 Å². The molecule has 0 aromatic heterocycles. The normalized spacial score (nSPS) is 11.2. The van der Waals surface area contributed by atoms with E-state index in [1.807, 2.05) is 12.3 Å². The second kappa shape index (κ2) is 11.8. The molecule has 1 atom stereocenters. The van der Waals surface area contributed by atoms with Crippen molar-refractivity contribution in [1.29, 1.82) is 0 Å². The SMILES string of the molecule is CSCC[C@H](N)C(=O)NCCNC(=O)c1cccc(Br)c1.Cl. The fourth-order valence-electron chi connectivity index (χ4n) is 1.60. The summed E-state index contributed by atoms with van der Waals surface area (Å²) in [6.45, 7) is 0.734. The number of amides is 2. The van der Waals surface area contributed by atoms with Crippen LogP contribution in [0.4, 0.5) is 0 Å². The fourth-order valence-corrected chi connectivity index (χ4v) is 2.49. The van der Waals surface area contributed by atoms with Crippen LogP contribution >= 0.6 is 40.1 Å². The first-order valence-corrected chi connectivity index (χ1v) is 8.79. The number of nitrogens with one attached hydrogen (secondary N) is 2. The molecule has 0 bridgehead atoms. The molecule has 1 rings (SSSR count). The van der Waals surface area contributed by atoms with Crippen LogP contribution in [0.5, 0.6) is 0 Å². The molecular formula is C14H21BrClN3O2S. The number of rotatable bonds is 8. The zero-order chi connectivity index (χ0) is 15.7. The van der Waals surface area contributed by atoms with Crippen LogP contribution in [0.1, 0.15) is 16.8 Å². The molecule has 1 aromatic carbocycles. The summed E-state index contributed by atoms with van der Waals surface area (Å²) < 4.78 is 0.850. The van der Waals surface area contributed by atoms with Crippen LogP contribution in [0, 0.1) is 0 Å². The Kier molecular flexibility index (Phi) is 11.4. The van der Waals surface area contributed by atoms with Crippen molar-refractivity contribution in [3.8, 4) is 0 Å². The molecule has 2 amide bonds. The summed E-state index contributed by atoms with van der Waals surface area (Å²) in [5.74, 6) is 0.506. The van der Waals surface area contributed by atoms with Crippen molar-refractivity contribution in [2.45, 2.75) is 12.5 Å². The molecule has 124 valence electrons. The molecule has 0 heterocycles. The molecule has 0 aliphatic rings. The number of hydrogen-bond donors (Lipinski definition) is 3. The number of hydrogen-bond acceptors (Lipinski definition) is 4. The van der Waals surface area contributed by atoms with E-state index in [0.29, 0.717) is 25.1 Å². The maximum Gasteiger partial charge on any atom is 0.251 e. The molecule has 22 heavy (non-hydrogen) atoms. The predicted octanol–water partition coefficient (Wildman–Crippen LogP) is 1.80. The number of carbonyl (C=O) groups is 2. The summed E-state index contributed by atoms with van der Waals surface area (Å²) >= 11 is 4.97. The van der Waals surface area contributed by atoms with Crippen molar-refractivity contribution < 1.29 is 9.59 Å². The summed E-state index contributed by atoms with van der Waals surface area (Å²) in [6, 6.07) is 6.64. The van der Waals surface area contributed by atoms with Crippen LogP contribution in [0.3, 0.4) is 0 Å². The Labute approximate surface area is 149 Å². The van der Waals surface area contributed by atoms with E-state index >= 15 is 0 Å². The predicted molar refractivity (Wildman–Crippen MR) is 97.7 cm³/mol. The van der Waals surface area contributed by atoms with Gasteiger partial charge in [-0.1, -0.05) is 22.0 Å². The Morgan fingerprint density at radius 2 is 2.00 bits per heavy atom. The Balaban J connectivity index is 0.00000441. The lowest BCUT2D eigenvalue weighted by atomic mass is 10.2. The monoisotopic (exact) mass is 409 g/mol. The summed E-state index contributed by atoms with van der Waals surface area (Å²) in [4.78, 5) is 23.5. The third kappa shape index (κ3) is 8.03. The minimum absolute atomic E-state index is 0. The number of thioether (sulfide) groups is 1. The van der Waals surface area contributed by atoms with Crippen LogP contribution in [0.15, 0.2) is 28.7 Å². The van der Waals surface area contributed by atoms with E-state index in [9.17, 15) is 9.59 Å². The van der Waals surface area contributed by atoms with Gasteiger partial charge in [0.2, 0.25) is 5.91 Å². The fraction of sp³-hybridized carbons (Fsp3) is 0.429. The van der Waals surface area contributed by atoms with Gasteiger partial charge in [-0.05, 0) is 36.6 Å². The maximum atomic E-state index is 11.8. The maximum absolute atomic E-state index is 11.8. The lowest BCUT2D eigenvalue weighted by Crippen LogP contribution is -2.43. The van der Waals surface area contributed by atoms with Crippen LogP contribution < -0.4 is 16.4 Å². The van der Waals surface area contributed by atoms with Crippen LogP contribution in [-0.4, -0.2) is 43.0 Å². The molecule has 0 radical (unpaired) electrons. The first-order valence-electron chi connectivity index (χ1n) is 6.60. The van der Waals surface area contributed by atoms with E-state index in [-0.39, 0.29) is 24.2 Å². The minimum atomic E-state index is -0.488. The Hall–Kier alpha value is -0.760. The van der Waals surface area contributed by atoms with E-state index in [4.69, 9.17) is 5.73 Å². The lowest BCUT2D eigenvalue weighted by Gasteiger charge is -2.12. The molecule has 0 aliphatic heterocycles. The lowest BCUT2D eigenvalue weighted by molar-refractivity contribution is -0.122. The van der Waals surface area contributed by atoms with Gasteiger partial charge in [-0.2, -0.15) is 11.8 Å². The largest absolute Gasteiger partial charge is 0.353 e. The highest BCUT2D eigenvalue weighted by Gasteiger charge is 2.12. The second-order valence-corrected chi connectivity index (χ2v) is 6.35. The average molecular weight is 411 g/mol. The molecule has 0 fully saturated rings. The van der Waals surface area contributed by atoms with Gasteiger partial charge in [-0.3, -0.25) is 9.59 Å². The molecule has 4 N–H and O–H groups in total. The Morgan fingerprint density at radius 3 is 2.64 bits per heavy atom.